The zero-order valence-electron chi connectivity index (χ0n) is 5.21. The lowest BCUT2D eigenvalue weighted by Gasteiger charge is -1.82. The molecule has 50 valence electrons. The highest BCUT2D eigenvalue weighted by atomic mass is 19.1. The van der Waals surface area contributed by atoms with Crippen LogP contribution in [-0.2, 0) is 0 Å². The Morgan fingerprint density at radius 3 is 1.78 bits per heavy atom. The molecular formula is C7H9FO. The van der Waals surface area contributed by atoms with E-state index in [1.54, 1.807) is 24.3 Å². The van der Waals surface area contributed by atoms with Crippen LogP contribution in [-0.4, -0.2) is 12.3 Å². The van der Waals surface area contributed by atoms with Crippen LogP contribution >= 0.6 is 0 Å². The molecule has 0 unspecified atom stereocenters. The molecule has 0 aliphatic heterocycles. The molecule has 1 rings (SSSR count). The molecule has 0 amide bonds. The Morgan fingerprint density at radius 1 is 1.11 bits per heavy atom. The number of para-hydroxylation sites is 1. The lowest BCUT2D eigenvalue weighted by Crippen LogP contribution is -1.56. The van der Waals surface area contributed by atoms with Crippen LogP contribution in [0.2, 0.25) is 0 Å². The van der Waals surface area contributed by atoms with Crippen LogP contribution in [0, 0.1) is 0 Å². The van der Waals surface area contributed by atoms with Gasteiger partial charge >= 0.3 is 0 Å². The van der Waals surface area contributed by atoms with E-state index in [4.69, 9.17) is 5.11 Å². The lowest BCUT2D eigenvalue weighted by molar-refractivity contribution is 0.475. The Morgan fingerprint density at radius 2 is 1.56 bits per heavy atom. The van der Waals surface area contributed by atoms with E-state index < -0.39 is 0 Å². The van der Waals surface area contributed by atoms with Crippen molar-refractivity contribution in [3.8, 4) is 5.75 Å². The topological polar surface area (TPSA) is 20.2 Å². The number of phenolic OH excluding ortho intramolecular Hbond substituents is 1. The second kappa shape index (κ2) is 5.09. The molecule has 2 heteroatoms. The number of hydrogen-bond acceptors (Lipinski definition) is 1. The minimum absolute atomic E-state index is 0.322. The van der Waals surface area contributed by atoms with E-state index in [0.717, 1.165) is 0 Å². The van der Waals surface area contributed by atoms with E-state index in [2.05, 4.69) is 0 Å². The SMILES string of the molecule is CF.Oc1ccccc1. The largest absolute Gasteiger partial charge is 0.508 e. The van der Waals surface area contributed by atoms with Gasteiger partial charge in [0.25, 0.3) is 0 Å². The van der Waals surface area contributed by atoms with Crippen molar-refractivity contribution in [2.24, 2.45) is 0 Å². The van der Waals surface area contributed by atoms with Gasteiger partial charge in [0.05, 0.1) is 7.18 Å². The third kappa shape index (κ3) is 3.53. The fourth-order valence-electron chi connectivity index (χ4n) is 0.428. The van der Waals surface area contributed by atoms with Crippen molar-refractivity contribution in [2.75, 3.05) is 7.18 Å². The fourth-order valence-corrected chi connectivity index (χ4v) is 0.428. The summed E-state index contributed by atoms with van der Waals surface area (Å²) in [5.41, 5.74) is 0. The maximum atomic E-state index is 9.50. The summed E-state index contributed by atoms with van der Waals surface area (Å²) >= 11 is 0. The number of rotatable bonds is 0. The van der Waals surface area contributed by atoms with Crippen molar-refractivity contribution in [3.05, 3.63) is 30.3 Å². The predicted octanol–water partition coefficient (Wildman–Crippen LogP) is 1.98. The van der Waals surface area contributed by atoms with Gasteiger partial charge in [0.2, 0.25) is 0 Å². The first-order valence-corrected chi connectivity index (χ1v) is 2.51. The van der Waals surface area contributed by atoms with E-state index in [-0.39, 0.29) is 0 Å². The molecule has 0 aliphatic rings. The number of phenols is 1. The summed E-state index contributed by atoms with van der Waals surface area (Å²) in [7, 11) is 0.500. The molecule has 0 atom stereocenters. The standard InChI is InChI=1S/C6H6O.CH3F/c7-6-4-2-1-3-5-6;1-2/h1-5,7H;1H3. The molecule has 0 fully saturated rings. The second-order valence-corrected chi connectivity index (χ2v) is 1.34. The lowest BCUT2D eigenvalue weighted by atomic mass is 10.3. The minimum atomic E-state index is 0.322. The van der Waals surface area contributed by atoms with Gasteiger partial charge in [0, 0.05) is 0 Å². The van der Waals surface area contributed by atoms with Gasteiger partial charge in [-0.3, -0.25) is 4.39 Å². The summed E-state index contributed by atoms with van der Waals surface area (Å²) in [5, 5.41) is 8.63. The molecule has 1 aromatic rings. The Labute approximate surface area is 53.8 Å². The van der Waals surface area contributed by atoms with E-state index in [9.17, 15) is 4.39 Å². The third-order valence-electron chi connectivity index (χ3n) is 0.756. The molecule has 0 radical (unpaired) electrons. The van der Waals surface area contributed by atoms with Crippen molar-refractivity contribution in [3.63, 3.8) is 0 Å². The maximum Gasteiger partial charge on any atom is 0.115 e. The Hall–Kier alpha value is -1.05. The van der Waals surface area contributed by atoms with E-state index in [0.29, 0.717) is 12.9 Å². The quantitative estimate of drug-likeness (QED) is 0.566. The van der Waals surface area contributed by atoms with Crippen LogP contribution in [0.4, 0.5) is 4.39 Å². The third-order valence-corrected chi connectivity index (χ3v) is 0.756. The number of benzene rings is 1. The summed E-state index contributed by atoms with van der Waals surface area (Å²) < 4.78 is 9.50. The molecule has 0 saturated heterocycles. The van der Waals surface area contributed by atoms with Crippen LogP contribution in [0.1, 0.15) is 0 Å². The normalized spacial score (nSPS) is 7.33. The van der Waals surface area contributed by atoms with Gasteiger partial charge in [-0.15, -0.1) is 0 Å². The average Bonchev–Trinajstić information content (AvgIpc) is 1.94. The molecular weight excluding hydrogens is 119 g/mol. The molecule has 9 heavy (non-hydrogen) atoms. The molecule has 0 spiro atoms. The van der Waals surface area contributed by atoms with Crippen LogP contribution in [0.25, 0.3) is 0 Å². The van der Waals surface area contributed by atoms with Gasteiger partial charge in [-0.2, -0.15) is 0 Å². The van der Waals surface area contributed by atoms with Crippen molar-refractivity contribution < 1.29 is 9.50 Å². The van der Waals surface area contributed by atoms with E-state index in [1.807, 2.05) is 6.07 Å². The van der Waals surface area contributed by atoms with Crippen LogP contribution < -0.4 is 0 Å². The molecule has 1 aromatic carbocycles. The summed E-state index contributed by atoms with van der Waals surface area (Å²) in [5.74, 6) is 0.322. The molecule has 0 aromatic heterocycles. The predicted molar refractivity (Wildman–Crippen MR) is 35.1 cm³/mol. The van der Waals surface area contributed by atoms with Gasteiger partial charge in [0.1, 0.15) is 5.75 Å². The summed E-state index contributed by atoms with van der Waals surface area (Å²) in [6, 6.07) is 8.71. The second-order valence-electron chi connectivity index (χ2n) is 1.34. The zero-order chi connectivity index (χ0) is 7.11. The van der Waals surface area contributed by atoms with Crippen LogP contribution in [0.15, 0.2) is 30.3 Å². The van der Waals surface area contributed by atoms with Gasteiger partial charge in [-0.25, -0.2) is 0 Å². The fraction of sp³-hybridized carbons (Fsp3) is 0.143. The van der Waals surface area contributed by atoms with Gasteiger partial charge in [0.15, 0.2) is 0 Å². The molecule has 0 heterocycles. The first-order chi connectivity index (χ1) is 4.39. The van der Waals surface area contributed by atoms with Crippen molar-refractivity contribution >= 4 is 0 Å². The van der Waals surface area contributed by atoms with Gasteiger partial charge in [-0.1, -0.05) is 18.2 Å². The molecule has 0 bridgehead atoms. The molecule has 1 N–H and O–H groups in total. The Kier molecular flexibility index (Phi) is 4.50. The maximum absolute atomic E-state index is 9.50. The van der Waals surface area contributed by atoms with Crippen molar-refractivity contribution in [1.29, 1.82) is 0 Å². The number of halogens is 1. The Bertz CT molecular complexity index is 139. The van der Waals surface area contributed by atoms with E-state index >= 15 is 0 Å². The summed E-state index contributed by atoms with van der Waals surface area (Å²) in [6.45, 7) is 0. The van der Waals surface area contributed by atoms with Gasteiger partial charge < -0.3 is 5.11 Å². The first-order valence-electron chi connectivity index (χ1n) is 2.51. The summed E-state index contributed by atoms with van der Waals surface area (Å²) in [6.07, 6.45) is 0. The number of alkyl halides is 1. The molecule has 0 saturated carbocycles. The first kappa shape index (κ1) is 7.95. The van der Waals surface area contributed by atoms with Crippen LogP contribution in [0.5, 0.6) is 5.75 Å². The highest BCUT2D eigenvalue weighted by Gasteiger charge is 1.74. The van der Waals surface area contributed by atoms with Crippen molar-refractivity contribution in [2.45, 2.75) is 0 Å². The highest BCUT2D eigenvalue weighted by Crippen LogP contribution is 2.02. The number of hydrogen-bond donors (Lipinski definition) is 1. The summed E-state index contributed by atoms with van der Waals surface area (Å²) in [4.78, 5) is 0. The Balaban J connectivity index is 0.000000291. The van der Waals surface area contributed by atoms with E-state index in [1.165, 1.54) is 0 Å². The number of aromatic hydroxyl groups is 1. The highest BCUT2D eigenvalue weighted by molar-refractivity contribution is 5.18. The van der Waals surface area contributed by atoms with Gasteiger partial charge in [-0.05, 0) is 12.1 Å². The average molecular weight is 128 g/mol. The monoisotopic (exact) mass is 128 g/mol. The van der Waals surface area contributed by atoms with Crippen molar-refractivity contribution in [1.82, 2.24) is 0 Å². The zero-order valence-corrected chi connectivity index (χ0v) is 5.21. The smallest absolute Gasteiger partial charge is 0.115 e. The molecule has 1 nitrogen and oxygen atoms in total. The molecule has 0 aliphatic carbocycles. The van der Waals surface area contributed by atoms with Crippen LogP contribution in [0.3, 0.4) is 0 Å². The minimum Gasteiger partial charge on any atom is -0.508 e.